The van der Waals surface area contributed by atoms with Crippen molar-refractivity contribution in [3.8, 4) is 50.3 Å². The minimum atomic E-state index is 0.821. The van der Waals surface area contributed by atoms with Crippen LogP contribution in [0.1, 0.15) is 0 Å². The maximum Gasteiger partial charge on any atom is 0.130 e. The van der Waals surface area contributed by atoms with E-state index >= 15 is 0 Å². The van der Waals surface area contributed by atoms with E-state index in [1.54, 1.807) is 0 Å². The zero-order chi connectivity index (χ0) is 30.6. The molecule has 4 heteroatoms. The second kappa shape index (κ2) is 10.8. The summed E-state index contributed by atoms with van der Waals surface area (Å²) in [7, 11) is 2.41. The summed E-state index contributed by atoms with van der Waals surface area (Å²) in [6.07, 6.45) is 0. The molecule has 2 aromatic heterocycles. The van der Waals surface area contributed by atoms with Crippen LogP contribution in [-0.2, 0) is 0 Å². The lowest BCUT2D eigenvalue weighted by Gasteiger charge is -2.13. The highest BCUT2D eigenvalue weighted by Gasteiger charge is 2.13. The molecule has 9 rings (SSSR count). The fourth-order valence-electron chi connectivity index (χ4n) is 6.94. The van der Waals surface area contributed by atoms with E-state index in [1.807, 2.05) is 0 Å². The third-order valence-electron chi connectivity index (χ3n) is 9.23. The molecule has 0 bridgehead atoms. The van der Waals surface area contributed by atoms with E-state index in [0.717, 1.165) is 44.6 Å². The zero-order valence-electron chi connectivity index (χ0n) is 24.9. The molecular formula is C42H29N2OP. The van der Waals surface area contributed by atoms with Crippen LogP contribution in [0.15, 0.2) is 152 Å². The van der Waals surface area contributed by atoms with Crippen LogP contribution >= 0.6 is 9.47 Å². The summed E-state index contributed by atoms with van der Waals surface area (Å²) in [5, 5.41) is 4.99. The number of aromatic amines is 2. The van der Waals surface area contributed by atoms with Gasteiger partial charge in [0.05, 0.1) is 20.5 Å². The van der Waals surface area contributed by atoms with Crippen LogP contribution in [0.3, 0.4) is 0 Å². The number of hydrogen-bond donors (Lipinski definition) is 2. The number of aromatic nitrogens is 2. The smallest absolute Gasteiger partial charge is 0.130 e. The van der Waals surface area contributed by atoms with Crippen molar-refractivity contribution >= 4 is 53.1 Å². The lowest BCUT2D eigenvalue weighted by Crippen LogP contribution is -1.87. The van der Waals surface area contributed by atoms with Crippen LogP contribution in [0.5, 0.6) is 5.75 Å². The van der Waals surface area contributed by atoms with Crippen molar-refractivity contribution in [1.29, 1.82) is 0 Å². The van der Waals surface area contributed by atoms with Crippen LogP contribution < -0.4 is 4.52 Å². The summed E-state index contributed by atoms with van der Waals surface area (Å²) in [6, 6.07) is 54.1. The minimum Gasteiger partial charge on any atom is -0.480 e. The Morgan fingerprint density at radius 3 is 1.33 bits per heavy atom. The van der Waals surface area contributed by atoms with Crippen molar-refractivity contribution in [2.45, 2.75) is 0 Å². The van der Waals surface area contributed by atoms with E-state index in [0.29, 0.717) is 0 Å². The first-order chi connectivity index (χ1) is 22.7. The molecular weight excluding hydrogens is 579 g/mol. The van der Waals surface area contributed by atoms with Crippen molar-refractivity contribution in [2.24, 2.45) is 0 Å². The van der Waals surface area contributed by atoms with E-state index in [1.165, 1.54) is 49.3 Å². The zero-order valence-corrected chi connectivity index (χ0v) is 26.1. The molecule has 0 radical (unpaired) electrons. The first-order valence-corrected chi connectivity index (χ1v) is 15.9. The van der Waals surface area contributed by atoms with E-state index in [2.05, 4.69) is 171 Å². The fourth-order valence-corrected chi connectivity index (χ4v) is 7.14. The molecule has 0 spiro atoms. The molecule has 1 atom stereocenters. The summed E-state index contributed by atoms with van der Waals surface area (Å²) in [4.78, 5) is 7.28. The predicted octanol–water partition coefficient (Wildman–Crippen LogP) is 11.8. The number of para-hydroxylation sites is 4. The van der Waals surface area contributed by atoms with Gasteiger partial charge in [0.25, 0.3) is 0 Å². The summed E-state index contributed by atoms with van der Waals surface area (Å²) in [5.74, 6) is 0.821. The molecule has 2 heterocycles. The van der Waals surface area contributed by atoms with Gasteiger partial charge in [0.2, 0.25) is 0 Å². The maximum atomic E-state index is 5.75. The Morgan fingerprint density at radius 1 is 0.370 bits per heavy atom. The van der Waals surface area contributed by atoms with Gasteiger partial charge in [-0.15, -0.1) is 0 Å². The Morgan fingerprint density at radius 2 is 0.804 bits per heavy atom. The SMILES string of the molecule is POc1ccc(-c2ccc(-c3cccc4c3[nH]c3ccccc34)cc2)cc1-c1ccc(-c2cccc3c2[nH]c2ccccc23)cc1. The van der Waals surface area contributed by atoms with Crippen LogP contribution in [0.25, 0.3) is 88.1 Å². The second-order valence-corrected chi connectivity index (χ2v) is 12.0. The molecule has 3 nitrogen and oxygen atoms in total. The lowest BCUT2D eigenvalue weighted by molar-refractivity contribution is 0.648. The maximum absolute atomic E-state index is 5.75. The van der Waals surface area contributed by atoms with E-state index in [9.17, 15) is 0 Å². The van der Waals surface area contributed by atoms with Gasteiger partial charge in [-0.1, -0.05) is 127 Å². The van der Waals surface area contributed by atoms with Crippen LogP contribution in [0.4, 0.5) is 0 Å². The van der Waals surface area contributed by atoms with Crippen molar-refractivity contribution in [2.75, 3.05) is 0 Å². The average molecular weight is 609 g/mol. The summed E-state index contributed by atoms with van der Waals surface area (Å²) >= 11 is 0. The van der Waals surface area contributed by atoms with Gasteiger partial charge in [-0.05, 0) is 52.1 Å². The average Bonchev–Trinajstić information content (AvgIpc) is 3.70. The molecule has 0 aliphatic heterocycles. The topological polar surface area (TPSA) is 40.8 Å². The monoisotopic (exact) mass is 608 g/mol. The Balaban J connectivity index is 1.06. The minimum absolute atomic E-state index is 0.821. The van der Waals surface area contributed by atoms with E-state index < -0.39 is 0 Å². The summed E-state index contributed by atoms with van der Waals surface area (Å²) in [6.45, 7) is 0. The Kier molecular flexibility index (Phi) is 6.26. The van der Waals surface area contributed by atoms with Gasteiger partial charge in [0.15, 0.2) is 0 Å². The molecule has 0 saturated carbocycles. The molecule has 2 N–H and O–H groups in total. The number of rotatable bonds is 5. The van der Waals surface area contributed by atoms with Gasteiger partial charge in [-0.2, -0.15) is 0 Å². The quantitative estimate of drug-likeness (QED) is 0.188. The normalized spacial score (nSPS) is 11.6. The summed E-state index contributed by atoms with van der Waals surface area (Å²) in [5.41, 5.74) is 13.9. The predicted molar refractivity (Wildman–Crippen MR) is 197 cm³/mol. The fraction of sp³-hybridized carbons (Fsp3) is 0. The molecule has 7 aromatic carbocycles. The Bertz CT molecular complexity index is 2560. The van der Waals surface area contributed by atoms with Gasteiger partial charge >= 0.3 is 0 Å². The number of H-pyrrole nitrogens is 2. The highest BCUT2D eigenvalue weighted by molar-refractivity contribution is 7.10. The van der Waals surface area contributed by atoms with Crippen LogP contribution in [0.2, 0.25) is 0 Å². The van der Waals surface area contributed by atoms with Gasteiger partial charge in [-0.3, -0.25) is 0 Å². The van der Waals surface area contributed by atoms with Gasteiger partial charge in [0, 0.05) is 49.3 Å². The first kappa shape index (κ1) is 26.7. The van der Waals surface area contributed by atoms with Gasteiger partial charge < -0.3 is 14.5 Å². The second-order valence-electron chi connectivity index (χ2n) is 11.8. The molecule has 218 valence electrons. The molecule has 0 aliphatic rings. The van der Waals surface area contributed by atoms with E-state index in [-0.39, 0.29) is 0 Å². The van der Waals surface area contributed by atoms with Crippen LogP contribution in [0, 0.1) is 0 Å². The van der Waals surface area contributed by atoms with Crippen molar-refractivity contribution in [3.63, 3.8) is 0 Å². The highest BCUT2D eigenvalue weighted by Crippen LogP contribution is 2.39. The van der Waals surface area contributed by atoms with Crippen molar-refractivity contribution < 1.29 is 4.52 Å². The number of benzene rings is 7. The molecule has 0 fully saturated rings. The molecule has 0 amide bonds. The Hall–Kier alpha value is -5.63. The largest absolute Gasteiger partial charge is 0.480 e. The first-order valence-electron chi connectivity index (χ1n) is 15.5. The Labute approximate surface area is 268 Å². The third-order valence-corrected chi connectivity index (χ3v) is 9.48. The van der Waals surface area contributed by atoms with Gasteiger partial charge in [-0.25, -0.2) is 0 Å². The van der Waals surface area contributed by atoms with Crippen molar-refractivity contribution in [3.05, 3.63) is 152 Å². The molecule has 46 heavy (non-hydrogen) atoms. The highest BCUT2D eigenvalue weighted by atomic mass is 31.0. The number of fused-ring (bicyclic) bond motifs is 6. The standard InChI is InChI=1S/C42H29N2OP/c46-45-40-24-23-30(26-15-17-27(18-16-26)31-9-5-11-35-33-7-1-3-13-38(33)43-41(31)35)25-37(40)29-21-19-28(20-22-29)32-10-6-12-36-34-8-2-4-14-39(34)44-42(32)36/h1-25,43-44H,46H2. The summed E-state index contributed by atoms with van der Waals surface area (Å²) < 4.78 is 5.75. The third kappa shape index (κ3) is 4.32. The number of hydrogen-bond acceptors (Lipinski definition) is 1. The molecule has 0 aliphatic carbocycles. The van der Waals surface area contributed by atoms with Gasteiger partial charge in [0.1, 0.15) is 5.75 Å². The van der Waals surface area contributed by atoms with Crippen molar-refractivity contribution in [1.82, 2.24) is 9.97 Å². The molecule has 9 aromatic rings. The molecule has 1 unspecified atom stereocenters. The lowest BCUT2D eigenvalue weighted by atomic mass is 9.94. The van der Waals surface area contributed by atoms with E-state index in [4.69, 9.17) is 4.52 Å². The van der Waals surface area contributed by atoms with Crippen LogP contribution in [-0.4, -0.2) is 9.97 Å². The number of nitrogens with one attached hydrogen (secondary N) is 2. The molecule has 0 saturated heterocycles.